The lowest BCUT2D eigenvalue weighted by Crippen LogP contribution is -1.97. The Morgan fingerprint density at radius 1 is 1.60 bits per heavy atom. The Bertz CT molecular complexity index is 394. The first-order valence-electron chi connectivity index (χ1n) is 5.34. The number of aliphatic hydroxyl groups excluding tert-OH is 1. The number of ether oxygens (including phenoxy) is 1. The molecule has 0 unspecified atom stereocenters. The minimum atomic E-state index is -0.464. The van der Waals surface area contributed by atoms with Crippen LogP contribution in [0.5, 0.6) is 5.75 Å². The van der Waals surface area contributed by atoms with E-state index in [0.717, 1.165) is 17.7 Å². The van der Waals surface area contributed by atoms with Crippen LogP contribution in [0.2, 0.25) is 0 Å². The maximum atomic E-state index is 9.67. The van der Waals surface area contributed by atoms with Crippen LogP contribution < -0.4 is 4.74 Å². The summed E-state index contributed by atoms with van der Waals surface area (Å²) in [7, 11) is 0. The van der Waals surface area contributed by atoms with Crippen LogP contribution in [0.25, 0.3) is 5.57 Å². The average molecular weight is 204 g/mol. The molecular weight excluding hydrogens is 188 g/mol. The number of fused-ring (bicyclic) bond motifs is 1. The summed E-state index contributed by atoms with van der Waals surface area (Å²) >= 11 is 0. The van der Waals surface area contributed by atoms with Crippen LogP contribution in [0.1, 0.15) is 37.5 Å². The molecule has 0 bridgehead atoms. The molecular formula is C13H16O2. The Balaban J connectivity index is 2.37. The van der Waals surface area contributed by atoms with Gasteiger partial charge in [0, 0.05) is 5.56 Å². The minimum Gasteiger partial charge on any atom is -0.490 e. The molecule has 0 saturated heterocycles. The van der Waals surface area contributed by atoms with E-state index in [-0.39, 0.29) is 0 Å². The predicted octanol–water partition coefficient (Wildman–Crippen LogP) is 2.93. The summed E-state index contributed by atoms with van der Waals surface area (Å²) in [5, 5.41) is 9.67. The highest BCUT2D eigenvalue weighted by Gasteiger charge is 2.21. The van der Waals surface area contributed by atoms with Crippen molar-refractivity contribution in [3.05, 3.63) is 35.4 Å². The van der Waals surface area contributed by atoms with E-state index in [1.165, 1.54) is 11.1 Å². The molecule has 2 nitrogen and oxygen atoms in total. The molecule has 0 spiro atoms. The molecule has 1 atom stereocenters. The molecule has 1 aliphatic rings. The quantitative estimate of drug-likeness (QED) is 0.802. The van der Waals surface area contributed by atoms with E-state index in [4.69, 9.17) is 4.74 Å². The number of allylic oxidation sites excluding steroid dienone is 2. The van der Waals surface area contributed by atoms with Gasteiger partial charge in [-0.2, -0.15) is 0 Å². The van der Waals surface area contributed by atoms with Gasteiger partial charge >= 0.3 is 0 Å². The predicted molar refractivity (Wildman–Crippen MR) is 60.8 cm³/mol. The van der Waals surface area contributed by atoms with Crippen LogP contribution in [0.3, 0.4) is 0 Å². The second kappa shape index (κ2) is 4.07. The Labute approximate surface area is 90.2 Å². The molecule has 1 aromatic rings. The molecule has 2 rings (SSSR count). The van der Waals surface area contributed by atoms with Gasteiger partial charge in [-0.3, -0.25) is 0 Å². The Kier molecular flexibility index (Phi) is 2.78. The Morgan fingerprint density at radius 2 is 2.40 bits per heavy atom. The van der Waals surface area contributed by atoms with Crippen molar-refractivity contribution in [2.45, 2.75) is 26.4 Å². The van der Waals surface area contributed by atoms with Crippen molar-refractivity contribution in [1.82, 2.24) is 0 Å². The highest BCUT2D eigenvalue weighted by Crippen LogP contribution is 2.34. The summed E-state index contributed by atoms with van der Waals surface area (Å²) in [4.78, 5) is 0. The molecule has 0 amide bonds. The largest absolute Gasteiger partial charge is 0.490 e. The van der Waals surface area contributed by atoms with E-state index in [9.17, 15) is 5.11 Å². The van der Waals surface area contributed by atoms with Gasteiger partial charge in [-0.05, 0) is 36.6 Å². The van der Waals surface area contributed by atoms with Crippen LogP contribution in [0.4, 0.5) is 0 Å². The molecule has 80 valence electrons. The summed E-state index contributed by atoms with van der Waals surface area (Å²) in [6.45, 7) is 4.59. The zero-order chi connectivity index (χ0) is 10.8. The molecule has 2 heteroatoms. The number of hydrogen-bond donors (Lipinski definition) is 1. The van der Waals surface area contributed by atoms with Gasteiger partial charge in [0.25, 0.3) is 0 Å². The van der Waals surface area contributed by atoms with E-state index in [0.29, 0.717) is 6.61 Å². The molecule has 0 saturated carbocycles. The molecule has 1 aliphatic heterocycles. The monoisotopic (exact) mass is 204 g/mol. The van der Waals surface area contributed by atoms with Crippen LogP contribution in [-0.4, -0.2) is 11.7 Å². The first kappa shape index (κ1) is 10.2. The SMILES string of the molecule is CCC=C(C)c1ccc2c(c1)[C@@H](O)CO2. The molecule has 0 aromatic heterocycles. The molecule has 15 heavy (non-hydrogen) atoms. The number of hydrogen-bond acceptors (Lipinski definition) is 2. The standard InChI is InChI=1S/C13H16O2/c1-3-4-9(2)10-5-6-13-11(7-10)12(14)8-15-13/h4-7,12,14H,3,8H2,1-2H3/t12-/m0/s1. The van der Waals surface area contributed by atoms with Crippen LogP contribution in [0.15, 0.2) is 24.3 Å². The Morgan fingerprint density at radius 3 is 3.13 bits per heavy atom. The third kappa shape index (κ3) is 1.90. The maximum absolute atomic E-state index is 9.67. The fourth-order valence-electron chi connectivity index (χ4n) is 1.87. The lowest BCUT2D eigenvalue weighted by Gasteiger charge is -2.05. The summed E-state index contributed by atoms with van der Waals surface area (Å²) in [5.74, 6) is 0.815. The summed E-state index contributed by atoms with van der Waals surface area (Å²) < 4.78 is 5.34. The van der Waals surface area contributed by atoms with Gasteiger partial charge in [0.15, 0.2) is 0 Å². The van der Waals surface area contributed by atoms with Gasteiger partial charge < -0.3 is 9.84 Å². The summed E-state index contributed by atoms with van der Waals surface area (Å²) in [6, 6.07) is 6.00. The van der Waals surface area contributed by atoms with Crippen LogP contribution in [-0.2, 0) is 0 Å². The summed E-state index contributed by atoms with van der Waals surface area (Å²) in [5.41, 5.74) is 3.33. The third-order valence-electron chi connectivity index (χ3n) is 2.73. The molecule has 0 fully saturated rings. The summed E-state index contributed by atoms with van der Waals surface area (Å²) in [6.07, 6.45) is 2.75. The number of benzene rings is 1. The van der Waals surface area contributed by atoms with Crippen molar-refractivity contribution in [2.75, 3.05) is 6.61 Å². The molecule has 1 heterocycles. The smallest absolute Gasteiger partial charge is 0.125 e. The van der Waals surface area contributed by atoms with E-state index in [2.05, 4.69) is 19.9 Å². The van der Waals surface area contributed by atoms with Crippen LogP contribution in [0, 0.1) is 0 Å². The van der Waals surface area contributed by atoms with Crippen molar-refractivity contribution in [2.24, 2.45) is 0 Å². The van der Waals surface area contributed by atoms with Crippen molar-refractivity contribution in [1.29, 1.82) is 0 Å². The molecule has 1 N–H and O–H groups in total. The molecule has 0 aliphatic carbocycles. The van der Waals surface area contributed by atoms with E-state index >= 15 is 0 Å². The van der Waals surface area contributed by atoms with Gasteiger partial charge in [0.2, 0.25) is 0 Å². The molecule has 1 aromatic carbocycles. The van der Waals surface area contributed by atoms with E-state index in [1.807, 2.05) is 18.2 Å². The lowest BCUT2D eigenvalue weighted by molar-refractivity contribution is 0.140. The first-order valence-corrected chi connectivity index (χ1v) is 5.34. The second-order valence-corrected chi connectivity index (χ2v) is 3.87. The van der Waals surface area contributed by atoms with Gasteiger partial charge in [0.1, 0.15) is 18.5 Å². The van der Waals surface area contributed by atoms with Crippen molar-refractivity contribution in [3.8, 4) is 5.75 Å². The van der Waals surface area contributed by atoms with E-state index < -0.39 is 6.10 Å². The van der Waals surface area contributed by atoms with Gasteiger partial charge in [-0.15, -0.1) is 0 Å². The molecule has 0 radical (unpaired) electrons. The normalized spacial score (nSPS) is 19.9. The third-order valence-corrected chi connectivity index (χ3v) is 2.73. The van der Waals surface area contributed by atoms with Gasteiger partial charge in [-0.1, -0.05) is 19.1 Å². The van der Waals surface area contributed by atoms with E-state index in [1.54, 1.807) is 0 Å². The Hall–Kier alpha value is -1.28. The maximum Gasteiger partial charge on any atom is 0.125 e. The zero-order valence-electron chi connectivity index (χ0n) is 9.16. The number of aliphatic hydroxyl groups is 1. The second-order valence-electron chi connectivity index (χ2n) is 3.87. The fourth-order valence-corrected chi connectivity index (χ4v) is 1.87. The topological polar surface area (TPSA) is 29.5 Å². The zero-order valence-corrected chi connectivity index (χ0v) is 9.16. The average Bonchev–Trinajstić information content (AvgIpc) is 2.60. The van der Waals surface area contributed by atoms with Crippen molar-refractivity contribution in [3.63, 3.8) is 0 Å². The van der Waals surface area contributed by atoms with Gasteiger partial charge in [0.05, 0.1) is 0 Å². The fraction of sp³-hybridized carbons (Fsp3) is 0.385. The van der Waals surface area contributed by atoms with Crippen LogP contribution >= 0.6 is 0 Å². The van der Waals surface area contributed by atoms with Gasteiger partial charge in [-0.25, -0.2) is 0 Å². The lowest BCUT2D eigenvalue weighted by atomic mass is 10.0. The minimum absolute atomic E-state index is 0.384. The van der Waals surface area contributed by atoms with Crippen molar-refractivity contribution >= 4 is 5.57 Å². The first-order chi connectivity index (χ1) is 7.22. The number of rotatable bonds is 2. The highest BCUT2D eigenvalue weighted by atomic mass is 16.5. The highest BCUT2D eigenvalue weighted by molar-refractivity contribution is 5.65. The van der Waals surface area contributed by atoms with Crippen molar-refractivity contribution < 1.29 is 9.84 Å².